The van der Waals surface area contributed by atoms with Crippen molar-refractivity contribution >= 4 is 51.0 Å². The van der Waals surface area contributed by atoms with E-state index in [0.717, 1.165) is 63.9 Å². The number of ether oxygens (including phenoxy) is 1. The molecule has 0 radical (unpaired) electrons. The molecule has 0 saturated heterocycles. The number of carbonyl (C=O) groups excluding carboxylic acids is 2. The number of aromatic nitrogens is 13. The van der Waals surface area contributed by atoms with Crippen LogP contribution in [0.1, 0.15) is 48.8 Å². The number of carbonyl (C=O) groups is 3. The Hall–Kier alpha value is -9.27. The molecule has 0 aliphatic carbocycles. The van der Waals surface area contributed by atoms with E-state index in [1.54, 1.807) is 32.4 Å². The third-order valence-corrected chi connectivity index (χ3v) is 12.6. The molecule has 5 aromatic carbocycles. The first-order valence-corrected chi connectivity index (χ1v) is 26.9. The van der Waals surface area contributed by atoms with Crippen LogP contribution in [0.4, 0.5) is 11.6 Å². The van der Waals surface area contributed by atoms with Gasteiger partial charge in [0.25, 0.3) is 11.1 Å². The van der Waals surface area contributed by atoms with Crippen LogP contribution in [0, 0.1) is 20.8 Å². The maximum atomic E-state index is 12.1. The quantitative estimate of drug-likeness (QED) is 0.0307. The van der Waals surface area contributed by atoms with Crippen LogP contribution in [0.25, 0.3) is 55.3 Å². The van der Waals surface area contributed by atoms with Crippen molar-refractivity contribution in [2.45, 2.75) is 72.5 Å². The van der Waals surface area contributed by atoms with Crippen molar-refractivity contribution in [1.29, 1.82) is 0 Å². The summed E-state index contributed by atoms with van der Waals surface area (Å²) < 4.78 is 9.45. The molecule has 0 bridgehead atoms. The molecule has 1 amide bonds. The van der Waals surface area contributed by atoms with Crippen molar-refractivity contribution in [3.8, 4) is 33.8 Å². The van der Waals surface area contributed by atoms with Crippen LogP contribution in [-0.2, 0) is 38.8 Å². The number of benzene rings is 5. The predicted octanol–water partition coefficient (Wildman–Crippen LogP) is 3.55. The van der Waals surface area contributed by atoms with Crippen LogP contribution in [0.5, 0.6) is 0 Å². The van der Waals surface area contributed by atoms with Gasteiger partial charge in [0.2, 0.25) is 5.91 Å². The van der Waals surface area contributed by atoms with Crippen LogP contribution in [0.2, 0.25) is 0 Å². The first-order valence-electron chi connectivity index (χ1n) is 26.9. The average molecular weight is 1170 g/mol. The molecular formula is C59H68N17NaO8. The Morgan fingerprint density at radius 2 is 0.918 bits per heavy atom. The smallest absolute Gasteiger partial charge is 0.870 e. The Balaban J connectivity index is 0.000000216. The molecule has 26 heteroatoms. The molecule has 0 atom stereocenters. The van der Waals surface area contributed by atoms with Gasteiger partial charge in [0, 0.05) is 53.5 Å². The minimum Gasteiger partial charge on any atom is -0.870 e. The number of carboxylic acids is 1. The van der Waals surface area contributed by atoms with Crippen molar-refractivity contribution in [2.75, 3.05) is 43.9 Å². The second kappa shape index (κ2) is 34.4. The summed E-state index contributed by atoms with van der Waals surface area (Å²) in [6, 6.07) is 38.8. The number of anilines is 2. The zero-order chi connectivity index (χ0) is 58.9. The van der Waals surface area contributed by atoms with Gasteiger partial charge in [-0.15, -0.1) is 15.3 Å². The maximum absolute atomic E-state index is 12.1. The van der Waals surface area contributed by atoms with Gasteiger partial charge in [-0.25, -0.2) is 10.2 Å². The summed E-state index contributed by atoms with van der Waals surface area (Å²) in [6.07, 6.45) is 7.71. The molecule has 0 fully saturated rings. The second-order valence-corrected chi connectivity index (χ2v) is 19.0. The fraction of sp³-hybridized carbons (Fsp3) is 0.271. The van der Waals surface area contributed by atoms with Crippen molar-refractivity contribution in [2.24, 2.45) is 5.73 Å². The summed E-state index contributed by atoms with van der Waals surface area (Å²) in [6.45, 7) is 9.93. The van der Waals surface area contributed by atoms with E-state index in [2.05, 4.69) is 72.0 Å². The number of fused-ring (bicyclic) bond motifs is 2. The molecule has 5 heterocycles. The SMILES string of the molecule is COC(=O)CCn1cc(-c2ccc(C)cc2)nn1.Cc1ccc(-c2cn(CCC(=O)NCCCNc3n[nH]c(=O)c4ccccc34)nn2)cc1.Cc1ccc(-c2cn(CCC(=O)O)nn2)cc1.NCCCNc1n[nH]c(=O)c2ccccc12.[Na+].[OH-]. The van der Waals surface area contributed by atoms with Gasteiger partial charge in [-0.3, -0.25) is 38.0 Å². The number of nitrogens with zero attached hydrogens (tertiary/aromatic N) is 11. The number of methoxy groups -OCH3 is 1. The van der Waals surface area contributed by atoms with Crippen LogP contribution >= 0.6 is 0 Å². The molecule has 10 rings (SSSR count). The van der Waals surface area contributed by atoms with Crippen LogP contribution in [0.15, 0.2) is 150 Å². The number of aryl methyl sites for hydroxylation is 6. The van der Waals surface area contributed by atoms with Crippen molar-refractivity contribution in [3.05, 3.63) is 177 Å². The number of nitrogens with one attached hydrogen (secondary N) is 5. The third-order valence-electron chi connectivity index (χ3n) is 12.6. The summed E-state index contributed by atoms with van der Waals surface area (Å²) in [5.41, 5.74) is 14.0. The molecule has 0 saturated carbocycles. The number of rotatable bonds is 21. The van der Waals surface area contributed by atoms with E-state index in [9.17, 15) is 24.0 Å². The number of amides is 1. The van der Waals surface area contributed by atoms with E-state index in [-0.39, 0.29) is 64.4 Å². The van der Waals surface area contributed by atoms with Gasteiger partial charge in [0.05, 0.1) is 68.9 Å². The monoisotopic (exact) mass is 1170 g/mol. The number of esters is 1. The number of aliphatic carboxylic acids is 1. The second-order valence-electron chi connectivity index (χ2n) is 19.0. The van der Waals surface area contributed by atoms with E-state index in [4.69, 9.17) is 10.8 Å². The fourth-order valence-corrected chi connectivity index (χ4v) is 7.95. The Bertz CT molecular complexity index is 3810. The van der Waals surface area contributed by atoms with E-state index in [1.807, 2.05) is 142 Å². The van der Waals surface area contributed by atoms with Crippen LogP contribution in [-0.4, -0.2) is 127 Å². The summed E-state index contributed by atoms with van der Waals surface area (Å²) in [5, 5.41) is 58.0. The molecule has 10 aromatic rings. The molecule has 0 aliphatic heterocycles. The third kappa shape index (κ3) is 20.8. The zero-order valence-corrected chi connectivity index (χ0v) is 50.1. The van der Waals surface area contributed by atoms with Gasteiger partial charge in [-0.1, -0.05) is 142 Å². The van der Waals surface area contributed by atoms with E-state index >= 15 is 0 Å². The van der Waals surface area contributed by atoms with Gasteiger partial charge in [0.1, 0.15) is 17.1 Å². The summed E-state index contributed by atoms with van der Waals surface area (Å²) >= 11 is 0. The van der Waals surface area contributed by atoms with Crippen molar-refractivity contribution in [3.63, 3.8) is 0 Å². The van der Waals surface area contributed by atoms with Crippen LogP contribution < -0.4 is 62.4 Å². The Kier molecular flexibility index (Phi) is 26.9. The van der Waals surface area contributed by atoms with Gasteiger partial charge < -0.3 is 37.0 Å². The number of carboxylic acid groups (broad SMARTS) is 1. The van der Waals surface area contributed by atoms with E-state index < -0.39 is 5.97 Å². The number of hydrogen-bond acceptors (Lipinski definition) is 18. The van der Waals surface area contributed by atoms with Crippen molar-refractivity contribution in [1.82, 2.24) is 70.7 Å². The minimum absolute atomic E-state index is 0. The van der Waals surface area contributed by atoms with Gasteiger partial charge >= 0.3 is 41.5 Å². The van der Waals surface area contributed by atoms with Crippen LogP contribution in [0.3, 0.4) is 0 Å². The number of nitrogens with two attached hydrogens (primary N) is 1. The Labute approximate surface area is 511 Å². The largest absolute Gasteiger partial charge is 1.00 e. The predicted molar refractivity (Wildman–Crippen MR) is 319 cm³/mol. The Morgan fingerprint density at radius 3 is 1.31 bits per heavy atom. The standard InChI is InChI=1S/C23H25N7O2.C13H15N3O2.C12H13N3O2.C11H14N4O.Na.H2O/c1-16-7-9-17(10-8-16)20-15-30(29-26-20)14-11-21(31)24-12-4-13-25-22-18-5-2-3-6-19(18)23(32)28-27-22;1-10-3-5-11(6-4-10)12-9-16(15-14-12)8-7-13(17)18-2;1-9-2-4-10(5-3-9)11-8-15(14-13-11)7-6-12(16)17;12-6-3-7-13-10-8-4-1-2-5-9(8)11(16)15-14-10;;/h2-3,5-10,15H,4,11-14H2,1H3,(H,24,31)(H,25,27)(H,28,32);3-6,9H,7-8H2,1-2H3;2-5,8H,6-7H2,1H3,(H,16,17);1-2,4-5H,3,6-7,12H2,(H,13,14)(H,15,16);;1H2/q;;;;+1;/p-1. The number of aromatic amines is 2. The minimum atomic E-state index is -0.836. The maximum Gasteiger partial charge on any atom is 1.00 e. The molecule has 438 valence electrons. The molecule has 9 N–H and O–H groups in total. The number of hydrogen-bond donors (Lipinski definition) is 7. The normalized spacial score (nSPS) is 10.4. The topological polar surface area (TPSA) is 356 Å². The zero-order valence-electron chi connectivity index (χ0n) is 48.1. The molecule has 85 heavy (non-hydrogen) atoms. The first kappa shape index (κ1) is 66.5. The van der Waals surface area contributed by atoms with E-state index in [1.165, 1.54) is 23.8 Å². The molecular weight excluding hydrogens is 1100 g/mol. The van der Waals surface area contributed by atoms with Crippen molar-refractivity contribution < 1.29 is 59.3 Å². The molecule has 0 unspecified atom stereocenters. The summed E-state index contributed by atoms with van der Waals surface area (Å²) in [4.78, 5) is 56.9. The Morgan fingerprint density at radius 1 is 0.541 bits per heavy atom. The summed E-state index contributed by atoms with van der Waals surface area (Å²) in [5.74, 6) is 0.204. The molecule has 5 aromatic heterocycles. The van der Waals surface area contributed by atoms with Gasteiger partial charge in [0.15, 0.2) is 11.6 Å². The van der Waals surface area contributed by atoms with Gasteiger partial charge in [-0.05, 0) is 52.3 Å². The van der Waals surface area contributed by atoms with E-state index in [0.29, 0.717) is 74.5 Å². The first-order chi connectivity index (χ1) is 40.3. The van der Waals surface area contributed by atoms with Gasteiger partial charge in [-0.2, -0.15) is 10.2 Å². The average Bonchev–Trinajstić information content (AvgIpc) is 4.52. The summed E-state index contributed by atoms with van der Waals surface area (Å²) in [7, 11) is 1.38. The fourth-order valence-electron chi connectivity index (χ4n) is 7.95. The number of H-pyrrole nitrogens is 2. The molecule has 25 nitrogen and oxygen atoms in total. The molecule has 0 aliphatic rings. The molecule has 0 spiro atoms.